The van der Waals surface area contributed by atoms with Crippen molar-refractivity contribution >= 4 is 10.0 Å². The first-order chi connectivity index (χ1) is 12.3. The van der Waals surface area contributed by atoms with Gasteiger partial charge in [0.25, 0.3) is 0 Å². The molecule has 6 heteroatoms. The predicted octanol–water partition coefficient (Wildman–Crippen LogP) is 2.45. The SMILES string of the molecule is Cc1cc(C)c(S(=O)(=O)NC2CCN(C3CCN(C)CC3)CC2)c(C)c1. The van der Waals surface area contributed by atoms with Gasteiger partial charge in [-0.2, -0.15) is 0 Å². The van der Waals surface area contributed by atoms with Crippen LogP contribution in [0.4, 0.5) is 0 Å². The molecule has 0 bridgehead atoms. The fourth-order valence-corrected chi connectivity index (χ4v) is 6.37. The highest BCUT2D eigenvalue weighted by Crippen LogP contribution is 2.24. The van der Waals surface area contributed by atoms with Crippen molar-refractivity contribution in [2.45, 2.75) is 63.4 Å². The number of likely N-dealkylation sites (tertiary alicyclic amines) is 2. The summed E-state index contributed by atoms with van der Waals surface area (Å²) in [6, 6.07) is 4.61. The maximum Gasteiger partial charge on any atom is 0.241 e. The average molecular weight is 380 g/mol. The summed E-state index contributed by atoms with van der Waals surface area (Å²) in [6.45, 7) is 10.1. The van der Waals surface area contributed by atoms with E-state index in [9.17, 15) is 8.42 Å². The molecule has 2 saturated heterocycles. The van der Waals surface area contributed by atoms with Gasteiger partial charge in [-0.1, -0.05) is 17.7 Å². The molecule has 2 aliphatic heterocycles. The van der Waals surface area contributed by atoms with Gasteiger partial charge in [-0.05, 0) is 90.8 Å². The second-order valence-corrected chi connectivity index (χ2v) is 9.84. The van der Waals surface area contributed by atoms with Gasteiger partial charge in [-0.25, -0.2) is 13.1 Å². The molecule has 2 fully saturated rings. The van der Waals surface area contributed by atoms with E-state index in [1.54, 1.807) is 0 Å². The Morgan fingerprint density at radius 2 is 1.46 bits per heavy atom. The van der Waals surface area contributed by atoms with Crippen molar-refractivity contribution in [1.82, 2.24) is 14.5 Å². The molecule has 2 aliphatic rings. The van der Waals surface area contributed by atoms with E-state index in [1.165, 1.54) is 25.9 Å². The fourth-order valence-electron chi connectivity index (χ4n) is 4.61. The summed E-state index contributed by atoms with van der Waals surface area (Å²) in [5.74, 6) is 0. The van der Waals surface area contributed by atoms with E-state index in [4.69, 9.17) is 0 Å². The van der Waals surface area contributed by atoms with Crippen LogP contribution in [-0.4, -0.2) is 63.5 Å². The van der Waals surface area contributed by atoms with Gasteiger partial charge in [-0.3, -0.25) is 0 Å². The number of nitrogens with zero attached hydrogens (tertiary/aromatic N) is 2. The molecule has 26 heavy (non-hydrogen) atoms. The van der Waals surface area contributed by atoms with E-state index in [0.29, 0.717) is 10.9 Å². The summed E-state index contributed by atoms with van der Waals surface area (Å²) in [7, 11) is -1.28. The molecule has 0 unspecified atom stereocenters. The van der Waals surface area contributed by atoms with Crippen molar-refractivity contribution in [3.05, 3.63) is 28.8 Å². The van der Waals surface area contributed by atoms with Gasteiger partial charge in [-0.15, -0.1) is 0 Å². The number of sulfonamides is 1. The molecule has 1 N–H and O–H groups in total. The molecule has 3 rings (SSSR count). The summed E-state index contributed by atoms with van der Waals surface area (Å²) in [5, 5.41) is 0. The van der Waals surface area contributed by atoms with E-state index in [0.717, 1.165) is 42.6 Å². The molecule has 146 valence electrons. The van der Waals surface area contributed by atoms with Crippen LogP contribution < -0.4 is 4.72 Å². The molecule has 0 amide bonds. The number of piperidine rings is 2. The molecule has 5 nitrogen and oxygen atoms in total. The quantitative estimate of drug-likeness (QED) is 0.873. The van der Waals surface area contributed by atoms with E-state index in [-0.39, 0.29) is 6.04 Å². The maximum atomic E-state index is 12.9. The van der Waals surface area contributed by atoms with Gasteiger partial charge in [0.05, 0.1) is 4.90 Å². The smallest absolute Gasteiger partial charge is 0.241 e. The molecule has 0 spiro atoms. The van der Waals surface area contributed by atoms with Gasteiger partial charge >= 0.3 is 0 Å². The Bertz CT molecular complexity index is 708. The van der Waals surface area contributed by atoms with Crippen molar-refractivity contribution in [2.24, 2.45) is 0 Å². The summed E-state index contributed by atoms with van der Waals surface area (Å²) in [4.78, 5) is 5.42. The minimum Gasteiger partial charge on any atom is -0.306 e. The van der Waals surface area contributed by atoms with E-state index < -0.39 is 10.0 Å². The van der Waals surface area contributed by atoms with Crippen LogP contribution in [0.3, 0.4) is 0 Å². The maximum absolute atomic E-state index is 12.9. The van der Waals surface area contributed by atoms with Crippen LogP contribution >= 0.6 is 0 Å². The number of rotatable bonds is 4. The molecule has 0 atom stereocenters. The summed E-state index contributed by atoms with van der Waals surface area (Å²) in [5.41, 5.74) is 2.77. The molecular weight excluding hydrogens is 346 g/mol. The molecular formula is C20H33N3O2S. The molecule has 1 aromatic rings. The number of aryl methyl sites for hydroxylation is 3. The topological polar surface area (TPSA) is 52.7 Å². The second kappa shape index (κ2) is 7.97. The minimum atomic E-state index is -3.46. The Morgan fingerprint density at radius 3 is 2.00 bits per heavy atom. The van der Waals surface area contributed by atoms with Crippen molar-refractivity contribution in [2.75, 3.05) is 33.2 Å². The molecule has 1 aromatic carbocycles. The van der Waals surface area contributed by atoms with Gasteiger partial charge in [0.15, 0.2) is 0 Å². The molecule has 2 heterocycles. The fraction of sp³-hybridized carbons (Fsp3) is 0.700. The number of hydrogen-bond acceptors (Lipinski definition) is 4. The van der Waals surface area contributed by atoms with Crippen molar-refractivity contribution in [1.29, 1.82) is 0 Å². The number of benzene rings is 1. The zero-order valence-corrected chi connectivity index (χ0v) is 17.4. The first-order valence-electron chi connectivity index (χ1n) is 9.79. The minimum absolute atomic E-state index is 0.0441. The highest BCUT2D eigenvalue weighted by atomic mass is 32.2. The van der Waals surface area contributed by atoms with Crippen LogP contribution in [0.2, 0.25) is 0 Å². The van der Waals surface area contributed by atoms with E-state index in [1.807, 2.05) is 32.9 Å². The third-order valence-electron chi connectivity index (χ3n) is 5.93. The highest BCUT2D eigenvalue weighted by Gasteiger charge is 2.30. The third-order valence-corrected chi connectivity index (χ3v) is 7.75. The number of nitrogens with one attached hydrogen (secondary N) is 1. The van der Waals surface area contributed by atoms with Crippen LogP contribution in [0.1, 0.15) is 42.4 Å². The Morgan fingerprint density at radius 1 is 0.923 bits per heavy atom. The van der Waals surface area contributed by atoms with Crippen LogP contribution in [0.15, 0.2) is 17.0 Å². The lowest BCUT2D eigenvalue weighted by molar-refractivity contribution is 0.0953. The zero-order valence-electron chi connectivity index (χ0n) is 16.6. The van der Waals surface area contributed by atoms with Crippen molar-refractivity contribution in [3.63, 3.8) is 0 Å². The number of hydrogen-bond donors (Lipinski definition) is 1. The molecule has 0 saturated carbocycles. The Balaban J connectivity index is 1.60. The Labute approximate surface area is 158 Å². The lowest BCUT2D eigenvalue weighted by Gasteiger charge is -2.41. The van der Waals surface area contributed by atoms with Crippen molar-refractivity contribution in [3.8, 4) is 0 Å². The van der Waals surface area contributed by atoms with Crippen LogP contribution in [0.25, 0.3) is 0 Å². The largest absolute Gasteiger partial charge is 0.306 e. The second-order valence-electron chi connectivity index (χ2n) is 8.19. The summed E-state index contributed by atoms with van der Waals surface area (Å²) < 4.78 is 28.9. The predicted molar refractivity (Wildman–Crippen MR) is 106 cm³/mol. The first kappa shape index (κ1) is 19.8. The Hall–Kier alpha value is -0.950. The molecule has 0 radical (unpaired) electrons. The zero-order chi connectivity index (χ0) is 18.9. The standard InChI is InChI=1S/C20H33N3O2S/c1-15-13-16(2)20(17(3)14-15)26(24,25)21-18-5-11-23(12-6-18)19-7-9-22(4)10-8-19/h13-14,18-19,21H,5-12H2,1-4H3. The Kier molecular flexibility index (Phi) is 6.07. The van der Waals surface area contributed by atoms with Crippen LogP contribution in [0.5, 0.6) is 0 Å². The van der Waals surface area contributed by atoms with E-state index in [2.05, 4.69) is 21.6 Å². The van der Waals surface area contributed by atoms with Crippen molar-refractivity contribution < 1.29 is 8.42 Å². The van der Waals surface area contributed by atoms with Crippen LogP contribution in [0, 0.1) is 20.8 Å². The normalized spacial score (nSPS) is 22.0. The van der Waals surface area contributed by atoms with E-state index >= 15 is 0 Å². The van der Waals surface area contributed by atoms with Gasteiger partial charge in [0, 0.05) is 12.1 Å². The molecule has 0 aromatic heterocycles. The monoisotopic (exact) mass is 379 g/mol. The lowest BCUT2D eigenvalue weighted by Crippen LogP contribution is -2.50. The van der Waals surface area contributed by atoms with Gasteiger partial charge in [0.2, 0.25) is 10.0 Å². The summed E-state index contributed by atoms with van der Waals surface area (Å²) in [6.07, 6.45) is 4.26. The lowest BCUT2D eigenvalue weighted by atomic mass is 9.98. The summed E-state index contributed by atoms with van der Waals surface area (Å²) >= 11 is 0. The average Bonchev–Trinajstić information content (AvgIpc) is 2.54. The molecule has 0 aliphatic carbocycles. The van der Waals surface area contributed by atoms with Crippen LogP contribution in [-0.2, 0) is 10.0 Å². The van der Waals surface area contributed by atoms with Gasteiger partial charge < -0.3 is 9.80 Å². The first-order valence-corrected chi connectivity index (χ1v) is 11.3. The highest BCUT2D eigenvalue weighted by molar-refractivity contribution is 7.89. The van der Waals surface area contributed by atoms with Gasteiger partial charge in [0.1, 0.15) is 0 Å². The third kappa shape index (κ3) is 4.47.